The first-order valence-corrected chi connectivity index (χ1v) is 5.95. The summed E-state index contributed by atoms with van der Waals surface area (Å²) >= 11 is 0. The first-order valence-electron chi connectivity index (χ1n) is 5.95. The number of carbonyl (C=O) groups is 1. The van der Waals surface area contributed by atoms with Crippen molar-refractivity contribution in [2.45, 2.75) is 26.3 Å². The van der Waals surface area contributed by atoms with Crippen LogP contribution in [0.15, 0.2) is 18.2 Å². The van der Waals surface area contributed by atoms with Gasteiger partial charge in [-0.15, -0.1) is 0 Å². The number of fused-ring (bicyclic) bond motifs is 1. The van der Waals surface area contributed by atoms with Gasteiger partial charge < -0.3 is 10.3 Å². The van der Waals surface area contributed by atoms with Gasteiger partial charge in [-0.1, -0.05) is 6.07 Å². The zero-order chi connectivity index (χ0) is 11.8. The highest BCUT2D eigenvalue weighted by Gasteiger charge is 2.29. The number of aromatic amines is 1. The summed E-state index contributed by atoms with van der Waals surface area (Å²) in [5, 5.41) is 2.96. The minimum atomic E-state index is 0.186. The van der Waals surface area contributed by atoms with E-state index in [1.54, 1.807) is 0 Å². The van der Waals surface area contributed by atoms with Crippen molar-refractivity contribution in [3.05, 3.63) is 29.6 Å². The first kappa shape index (κ1) is 10.3. The fourth-order valence-electron chi connectivity index (χ4n) is 1.97. The average molecular weight is 229 g/mol. The van der Waals surface area contributed by atoms with Gasteiger partial charge in [0, 0.05) is 12.5 Å². The molecule has 3 rings (SSSR count). The summed E-state index contributed by atoms with van der Waals surface area (Å²) in [6.07, 6.45) is 2.09. The molecule has 1 fully saturated rings. The van der Waals surface area contributed by atoms with Crippen LogP contribution in [0.4, 0.5) is 0 Å². The quantitative estimate of drug-likeness (QED) is 0.844. The van der Waals surface area contributed by atoms with Crippen molar-refractivity contribution in [1.82, 2.24) is 15.3 Å². The van der Waals surface area contributed by atoms with Crippen LogP contribution in [0.3, 0.4) is 0 Å². The van der Waals surface area contributed by atoms with Crippen molar-refractivity contribution < 1.29 is 4.79 Å². The molecule has 1 heterocycles. The summed E-state index contributed by atoms with van der Waals surface area (Å²) in [7, 11) is 0. The smallest absolute Gasteiger partial charge is 0.223 e. The van der Waals surface area contributed by atoms with E-state index in [2.05, 4.69) is 15.3 Å². The molecule has 4 nitrogen and oxygen atoms in total. The van der Waals surface area contributed by atoms with Crippen LogP contribution >= 0.6 is 0 Å². The van der Waals surface area contributed by atoms with Crippen molar-refractivity contribution >= 4 is 16.9 Å². The van der Waals surface area contributed by atoms with E-state index in [0.29, 0.717) is 6.54 Å². The number of amides is 1. The van der Waals surface area contributed by atoms with Gasteiger partial charge >= 0.3 is 0 Å². The fourth-order valence-corrected chi connectivity index (χ4v) is 1.97. The lowest BCUT2D eigenvalue weighted by Crippen LogP contribution is -2.24. The zero-order valence-electron chi connectivity index (χ0n) is 9.79. The van der Waals surface area contributed by atoms with Gasteiger partial charge in [0.15, 0.2) is 0 Å². The lowest BCUT2D eigenvalue weighted by molar-refractivity contribution is -0.122. The number of nitrogens with zero attached hydrogens (tertiary/aromatic N) is 1. The van der Waals surface area contributed by atoms with Gasteiger partial charge in [0.2, 0.25) is 5.91 Å². The van der Waals surface area contributed by atoms with Crippen LogP contribution in [0.1, 0.15) is 24.2 Å². The molecule has 1 aromatic heterocycles. The molecule has 1 aliphatic carbocycles. The second-order valence-corrected chi connectivity index (χ2v) is 4.67. The van der Waals surface area contributed by atoms with E-state index in [4.69, 9.17) is 0 Å². The number of imidazole rings is 1. The van der Waals surface area contributed by atoms with Crippen molar-refractivity contribution in [2.75, 3.05) is 0 Å². The summed E-state index contributed by atoms with van der Waals surface area (Å²) in [5.41, 5.74) is 3.11. The Bertz CT molecular complexity index is 569. The molecule has 0 spiro atoms. The molecule has 4 heteroatoms. The van der Waals surface area contributed by atoms with Crippen molar-refractivity contribution in [2.24, 2.45) is 5.92 Å². The highest BCUT2D eigenvalue weighted by molar-refractivity contribution is 5.81. The van der Waals surface area contributed by atoms with Crippen molar-refractivity contribution in [1.29, 1.82) is 0 Å². The monoisotopic (exact) mass is 229 g/mol. The van der Waals surface area contributed by atoms with Gasteiger partial charge in [-0.25, -0.2) is 4.98 Å². The van der Waals surface area contributed by atoms with E-state index in [1.807, 2.05) is 25.1 Å². The first-order chi connectivity index (χ1) is 8.22. The van der Waals surface area contributed by atoms with Gasteiger partial charge in [0.05, 0.1) is 11.0 Å². The molecule has 0 saturated heterocycles. The minimum absolute atomic E-state index is 0.186. The third kappa shape index (κ3) is 2.16. The number of rotatable bonds is 3. The Morgan fingerprint density at radius 2 is 2.35 bits per heavy atom. The molecule has 1 aromatic carbocycles. The van der Waals surface area contributed by atoms with Gasteiger partial charge in [-0.3, -0.25) is 4.79 Å². The van der Waals surface area contributed by atoms with Crippen LogP contribution in [0.2, 0.25) is 0 Å². The van der Waals surface area contributed by atoms with E-state index in [1.165, 1.54) is 0 Å². The molecule has 0 atom stereocenters. The molecule has 0 bridgehead atoms. The number of benzene rings is 1. The number of H-pyrrole nitrogens is 1. The predicted molar refractivity (Wildman–Crippen MR) is 65.4 cm³/mol. The molecule has 2 N–H and O–H groups in total. The van der Waals surface area contributed by atoms with Gasteiger partial charge in [-0.05, 0) is 37.5 Å². The summed E-state index contributed by atoms with van der Waals surface area (Å²) < 4.78 is 0. The summed E-state index contributed by atoms with van der Waals surface area (Å²) in [6.45, 7) is 2.54. The Morgan fingerprint density at radius 1 is 1.53 bits per heavy atom. The Hall–Kier alpha value is -1.84. The maximum absolute atomic E-state index is 11.5. The summed E-state index contributed by atoms with van der Waals surface area (Å²) in [4.78, 5) is 19.1. The van der Waals surface area contributed by atoms with Crippen molar-refractivity contribution in [3.8, 4) is 0 Å². The molecule has 1 aliphatic rings. The molecule has 17 heavy (non-hydrogen) atoms. The molecule has 88 valence electrons. The van der Waals surface area contributed by atoms with Crippen LogP contribution in [-0.4, -0.2) is 15.9 Å². The lowest BCUT2D eigenvalue weighted by atomic mass is 10.2. The lowest BCUT2D eigenvalue weighted by Gasteiger charge is -2.04. The predicted octanol–water partition coefficient (Wildman–Crippen LogP) is 1.90. The molecule has 2 aromatic rings. The number of carbonyl (C=O) groups excluding carboxylic acids is 1. The van der Waals surface area contributed by atoms with Gasteiger partial charge in [0.25, 0.3) is 0 Å². The molecule has 0 radical (unpaired) electrons. The highest BCUT2D eigenvalue weighted by Crippen LogP contribution is 2.28. The van der Waals surface area contributed by atoms with Gasteiger partial charge in [0.1, 0.15) is 5.82 Å². The standard InChI is InChI=1S/C13H15N3O/c1-8-15-11-5-2-9(6-12(11)16-8)7-14-13(17)10-3-4-10/h2,5-6,10H,3-4,7H2,1H3,(H,14,17)(H,15,16). The molecule has 0 unspecified atom stereocenters. The normalized spacial score (nSPS) is 15.1. The third-order valence-corrected chi connectivity index (χ3v) is 3.08. The SMILES string of the molecule is Cc1nc2ccc(CNC(=O)C3CC3)cc2[nH]1. The Kier molecular flexibility index (Phi) is 2.35. The zero-order valence-corrected chi connectivity index (χ0v) is 9.79. The highest BCUT2D eigenvalue weighted by atomic mass is 16.2. The van der Waals surface area contributed by atoms with E-state index in [9.17, 15) is 4.79 Å². The molecule has 1 saturated carbocycles. The molecular formula is C13H15N3O. The second-order valence-electron chi connectivity index (χ2n) is 4.67. The summed E-state index contributed by atoms with van der Waals surface area (Å²) in [6, 6.07) is 6.04. The number of aryl methyl sites for hydroxylation is 1. The summed E-state index contributed by atoms with van der Waals surface area (Å²) in [5.74, 6) is 1.37. The topological polar surface area (TPSA) is 57.8 Å². The second kappa shape index (κ2) is 3.87. The average Bonchev–Trinajstić information content (AvgIpc) is 3.08. The number of hydrogen-bond acceptors (Lipinski definition) is 2. The van der Waals surface area contributed by atoms with Crippen LogP contribution in [0.5, 0.6) is 0 Å². The Morgan fingerprint density at radius 3 is 3.12 bits per heavy atom. The molecule has 1 amide bonds. The Balaban J connectivity index is 1.73. The van der Waals surface area contributed by atoms with E-state index in [-0.39, 0.29) is 11.8 Å². The van der Waals surface area contributed by atoms with E-state index >= 15 is 0 Å². The fraction of sp³-hybridized carbons (Fsp3) is 0.385. The largest absolute Gasteiger partial charge is 0.352 e. The minimum Gasteiger partial charge on any atom is -0.352 e. The number of hydrogen-bond donors (Lipinski definition) is 2. The molecule has 0 aliphatic heterocycles. The van der Waals surface area contributed by atoms with Crippen LogP contribution in [0, 0.1) is 12.8 Å². The van der Waals surface area contributed by atoms with Crippen molar-refractivity contribution in [3.63, 3.8) is 0 Å². The number of nitrogens with one attached hydrogen (secondary N) is 2. The number of aromatic nitrogens is 2. The molecular weight excluding hydrogens is 214 g/mol. The maximum atomic E-state index is 11.5. The third-order valence-electron chi connectivity index (χ3n) is 3.08. The van der Waals surface area contributed by atoms with Crippen LogP contribution in [-0.2, 0) is 11.3 Å². The van der Waals surface area contributed by atoms with Gasteiger partial charge in [-0.2, -0.15) is 0 Å². The maximum Gasteiger partial charge on any atom is 0.223 e. The Labute approximate surface area is 99.4 Å². The van der Waals surface area contributed by atoms with E-state index in [0.717, 1.165) is 35.3 Å². The van der Waals surface area contributed by atoms with Crippen LogP contribution < -0.4 is 5.32 Å². The van der Waals surface area contributed by atoms with Crippen LogP contribution in [0.25, 0.3) is 11.0 Å². The van der Waals surface area contributed by atoms with E-state index < -0.39 is 0 Å².